The summed E-state index contributed by atoms with van der Waals surface area (Å²) in [7, 11) is 1.58. The molecule has 0 radical (unpaired) electrons. The number of fused-ring (bicyclic) bond motifs is 1. The highest BCUT2D eigenvalue weighted by molar-refractivity contribution is 5.91. The maximum atomic E-state index is 11.4. The van der Waals surface area contributed by atoms with Crippen molar-refractivity contribution in [1.29, 1.82) is 0 Å². The lowest BCUT2D eigenvalue weighted by Gasteiger charge is -2.01. The van der Waals surface area contributed by atoms with E-state index in [0.717, 1.165) is 11.3 Å². The summed E-state index contributed by atoms with van der Waals surface area (Å²) in [6, 6.07) is 9.27. The van der Waals surface area contributed by atoms with Crippen LogP contribution in [0.1, 0.15) is 21.7 Å². The summed E-state index contributed by atoms with van der Waals surface area (Å²) in [4.78, 5) is 19.8. The van der Waals surface area contributed by atoms with E-state index in [0.29, 0.717) is 17.2 Å². The molecule has 0 atom stereocenters. The van der Waals surface area contributed by atoms with E-state index in [9.17, 15) is 4.79 Å². The van der Waals surface area contributed by atoms with Gasteiger partial charge in [-0.3, -0.25) is 9.20 Å². The van der Waals surface area contributed by atoms with Crippen molar-refractivity contribution in [3.8, 4) is 5.88 Å². The maximum absolute atomic E-state index is 11.4. The molecule has 0 bridgehead atoms. The molecule has 1 amide bonds. The Morgan fingerprint density at radius 3 is 2.91 bits per heavy atom. The lowest BCUT2D eigenvalue weighted by Crippen LogP contribution is -2.13. The Bertz CT molecular complexity index is 867. The monoisotopic (exact) mass is 294 g/mol. The van der Waals surface area contributed by atoms with Crippen LogP contribution in [-0.4, -0.2) is 27.4 Å². The fraction of sp³-hybridized carbons (Fsp3) is 0.0625. The van der Waals surface area contributed by atoms with Gasteiger partial charge >= 0.3 is 0 Å². The number of imidazole rings is 1. The summed E-state index contributed by atoms with van der Waals surface area (Å²) in [6.07, 6.45) is 7.03. The molecule has 110 valence electrons. The Morgan fingerprint density at radius 2 is 2.14 bits per heavy atom. The van der Waals surface area contributed by atoms with E-state index >= 15 is 0 Å². The van der Waals surface area contributed by atoms with Crippen LogP contribution in [0.25, 0.3) is 17.8 Å². The Hall–Kier alpha value is -3.15. The molecule has 0 aliphatic carbocycles. The van der Waals surface area contributed by atoms with Crippen molar-refractivity contribution in [3.63, 3.8) is 0 Å². The molecule has 3 aromatic rings. The molecule has 0 aliphatic rings. The number of pyridine rings is 2. The fourth-order valence-corrected chi connectivity index (χ4v) is 2.10. The number of carbonyl (C=O) groups excluding carboxylic acids is 1. The van der Waals surface area contributed by atoms with Gasteiger partial charge in [-0.05, 0) is 29.8 Å². The maximum Gasteiger partial charge on any atom is 0.267 e. The normalized spacial score (nSPS) is 11.1. The number of hydrogen-bond acceptors (Lipinski definition) is 4. The third kappa shape index (κ3) is 2.67. The summed E-state index contributed by atoms with van der Waals surface area (Å²) in [5.41, 5.74) is 8.03. The first-order valence-corrected chi connectivity index (χ1v) is 6.63. The van der Waals surface area contributed by atoms with E-state index in [2.05, 4.69) is 9.97 Å². The van der Waals surface area contributed by atoms with Crippen LogP contribution in [-0.2, 0) is 0 Å². The Morgan fingerprint density at radius 1 is 1.27 bits per heavy atom. The molecule has 3 rings (SSSR count). The van der Waals surface area contributed by atoms with Crippen molar-refractivity contribution < 1.29 is 9.53 Å². The SMILES string of the molecule is COc1cccc(/C=C\c2ccc3ncc(C(N)=O)n3c2)n1. The highest BCUT2D eigenvalue weighted by Crippen LogP contribution is 2.13. The van der Waals surface area contributed by atoms with Gasteiger partial charge in [-0.15, -0.1) is 0 Å². The second-order valence-corrected chi connectivity index (χ2v) is 4.64. The second kappa shape index (κ2) is 5.69. The van der Waals surface area contributed by atoms with Crippen LogP contribution in [0.2, 0.25) is 0 Å². The van der Waals surface area contributed by atoms with Crippen molar-refractivity contribution in [2.75, 3.05) is 7.11 Å². The van der Waals surface area contributed by atoms with Crippen molar-refractivity contribution in [2.45, 2.75) is 0 Å². The predicted molar refractivity (Wildman–Crippen MR) is 83.4 cm³/mol. The minimum atomic E-state index is -0.511. The number of amides is 1. The first-order valence-electron chi connectivity index (χ1n) is 6.63. The summed E-state index contributed by atoms with van der Waals surface area (Å²) in [6.45, 7) is 0. The summed E-state index contributed by atoms with van der Waals surface area (Å²) in [5, 5.41) is 0. The van der Waals surface area contributed by atoms with Gasteiger partial charge in [0.2, 0.25) is 5.88 Å². The van der Waals surface area contributed by atoms with Crippen LogP contribution >= 0.6 is 0 Å². The van der Waals surface area contributed by atoms with E-state index in [1.807, 2.05) is 36.4 Å². The van der Waals surface area contributed by atoms with Gasteiger partial charge in [0.25, 0.3) is 5.91 Å². The number of rotatable bonds is 4. The lowest BCUT2D eigenvalue weighted by atomic mass is 10.2. The van der Waals surface area contributed by atoms with E-state index in [1.165, 1.54) is 6.20 Å². The zero-order chi connectivity index (χ0) is 15.5. The lowest BCUT2D eigenvalue weighted by molar-refractivity contribution is 0.0995. The van der Waals surface area contributed by atoms with E-state index in [-0.39, 0.29) is 0 Å². The average Bonchev–Trinajstić information content (AvgIpc) is 2.96. The topological polar surface area (TPSA) is 82.5 Å². The van der Waals surface area contributed by atoms with Gasteiger partial charge in [0, 0.05) is 12.3 Å². The number of nitrogens with two attached hydrogens (primary N) is 1. The van der Waals surface area contributed by atoms with Gasteiger partial charge in [0.1, 0.15) is 11.3 Å². The van der Waals surface area contributed by atoms with Gasteiger partial charge in [-0.25, -0.2) is 9.97 Å². The van der Waals surface area contributed by atoms with Crippen LogP contribution in [0.15, 0.2) is 42.7 Å². The molecule has 22 heavy (non-hydrogen) atoms. The second-order valence-electron chi connectivity index (χ2n) is 4.64. The van der Waals surface area contributed by atoms with Crippen LogP contribution in [0.3, 0.4) is 0 Å². The number of hydrogen-bond donors (Lipinski definition) is 1. The number of primary amides is 1. The molecule has 0 aromatic carbocycles. The quantitative estimate of drug-likeness (QED) is 0.798. The minimum absolute atomic E-state index is 0.352. The third-order valence-electron chi connectivity index (χ3n) is 3.18. The standard InChI is InChI=1S/C16H14N4O2/c1-22-15-4-2-3-12(19-15)7-5-11-6-8-14-18-9-13(16(17)21)20(14)10-11/h2-10H,1H3,(H2,17,21)/b7-5-. The van der Waals surface area contributed by atoms with E-state index in [4.69, 9.17) is 10.5 Å². The molecule has 0 fully saturated rings. The van der Waals surface area contributed by atoms with Crippen molar-refractivity contribution in [3.05, 3.63) is 59.7 Å². The molecular weight excluding hydrogens is 280 g/mol. The number of nitrogens with zero attached hydrogens (tertiary/aromatic N) is 3. The Balaban J connectivity index is 1.94. The van der Waals surface area contributed by atoms with Gasteiger partial charge in [0.15, 0.2) is 0 Å². The third-order valence-corrected chi connectivity index (χ3v) is 3.18. The molecule has 0 saturated carbocycles. The van der Waals surface area contributed by atoms with Gasteiger partial charge in [0.05, 0.1) is 19.0 Å². The van der Waals surface area contributed by atoms with Crippen LogP contribution in [0, 0.1) is 0 Å². The molecule has 0 unspecified atom stereocenters. The van der Waals surface area contributed by atoms with Gasteiger partial charge in [-0.1, -0.05) is 12.1 Å². The summed E-state index contributed by atoms with van der Waals surface area (Å²) >= 11 is 0. The first kappa shape index (κ1) is 13.8. The molecule has 3 aromatic heterocycles. The van der Waals surface area contributed by atoms with Crippen LogP contribution in [0.4, 0.5) is 0 Å². The van der Waals surface area contributed by atoms with Crippen LogP contribution in [0.5, 0.6) is 5.88 Å². The highest BCUT2D eigenvalue weighted by atomic mass is 16.5. The van der Waals surface area contributed by atoms with E-state index in [1.54, 1.807) is 23.8 Å². The zero-order valence-corrected chi connectivity index (χ0v) is 11.9. The number of methoxy groups -OCH3 is 1. The average molecular weight is 294 g/mol. The summed E-state index contributed by atoms with van der Waals surface area (Å²) < 4.78 is 6.76. The molecule has 6 heteroatoms. The van der Waals surface area contributed by atoms with Crippen molar-refractivity contribution >= 4 is 23.7 Å². The van der Waals surface area contributed by atoms with Gasteiger partial charge in [-0.2, -0.15) is 0 Å². The van der Waals surface area contributed by atoms with E-state index < -0.39 is 5.91 Å². The smallest absolute Gasteiger partial charge is 0.267 e. The Kier molecular flexibility index (Phi) is 3.57. The molecule has 6 nitrogen and oxygen atoms in total. The summed E-state index contributed by atoms with van der Waals surface area (Å²) in [5.74, 6) is 0.0475. The molecule has 3 heterocycles. The number of aromatic nitrogens is 3. The largest absolute Gasteiger partial charge is 0.481 e. The number of carbonyl (C=O) groups is 1. The molecule has 2 N–H and O–H groups in total. The highest BCUT2D eigenvalue weighted by Gasteiger charge is 2.07. The molecular formula is C16H14N4O2. The Labute approximate surface area is 126 Å². The molecule has 0 saturated heterocycles. The molecule has 0 spiro atoms. The number of ether oxygens (including phenoxy) is 1. The van der Waals surface area contributed by atoms with Crippen molar-refractivity contribution in [1.82, 2.24) is 14.4 Å². The minimum Gasteiger partial charge on any atom is -0.481 e. The van der Waals surface area contributed by atoms with Crippen molar-refractivity contribution in [2.24, 2.45) is 5.73 Å². The zero-order valence-electron chi connectivity index (χ0n) is 11.9. The fourth-order valence-electron chi connectivity index (χ4n) is 2.10. The van der Waals surface area contributed by atoms with Crippen LogP contribution < -0.4 is 10.5 Å². The van der Waals surface area contributed by atoms with Gasteiger partial charge < -0.3 is 10.5 Å². The first-order chi connectivity index (χ1) is 10.7. The predicted octanol–water partition coefficient (Wildman–Crippen LogP) is 2.01. The molecule has 0 aliphatic heterocycles.